The van der Waals surface area contributed by atoms with Gasteiger partial charge in [-0.2, -0.15) is 0 Å². The van der Waals surface area contributed by atoms with Crippen LogP contribution in [0.3, 0.4) is 0 Å². The summed E-state index contributed by atoms with van der Waals surface area (Å²) in [7, 11) is 0. The Balaban J connectivity index is 2.49. The molecule has 0 aliphatic carbocycles. The Labute approximate surface area is 99.1 Å². The molecule has 1 atom stereocenters. The number of hydrogen-bond acceptors (Lipinski definition) is 3. The molecule has 0 amide bonds. The van der Waals surface area contributed by atoms with Crippen LogP contribution in [-0.2, 0) is 6.54 Å². The number of halogens is 1. The standard InChI is InChI=1S/C11H17BrN2O/c1-8(2)11(7-15)14-5-9-3-10(12)6-13-4-9/h3-4,6,8,11,14-15H,5,7H2,1-2H3/t11-/m1/s1. The predicted molar refractivity (Wildman–Crippen MR) is 64.5 cm³/mol. The number of rotatable bonds is 5. The van der Waals surface area contributed by atoms with Gasteiger partial charge in [0.15, 0.2) is 0 Å². The van der Waals surface area contributed by atoms with Gasteiger partial charge in [0.05, 0.1) is 6.61 Å². The number of aliphatic hydroxyl groups is 1. The zero-order valence-corrected chi connectivity index (χ0v) is 10.7. The average Bonchev–Trinajstić information content (AvgIpc) is 2.18. The Morgan fingerprint density at radius 3 is 2.73 bits per heavy atom. The molecule has 0 bridgehead atoms. The maximum absolute atomic E-state index is 9.14. The molecule has 4 heteroatoms. The summed E-state index contributed by atoms with van der Waals surface area (Å²) < 4.78 is 0.979. The van der Waals surface area contributed by atoms with Gasteiger partial charge in [0.1, 0.15) is 0 Å². The monoisotopic (exact) mass is 272 g/mol. The third-order valence-corrected chi connectivity index (χ3v) is 2.76. The van der Waals surface area contributed by atoms with E-state index in [0.717, 1.165) is 16.6 Å². The van der Waals surface area contributed by atoms with Crippen LogP contribution in [0.15, 0.2) is 22.9 Å². The minimum atomic E-state index is 0.143. The number of pyridine rings is 1. The number of aliphatic hydroxyl groups excluding tert-OH is 1. The molecule has 0 aromatic carbocycles. The molecule has 0 radical (unpaired) electrons. The predicted octanol–water partition coefficient (Wildman–Crippen LogP) is 1.95. The first-order valence-corrected chi connectivity index (χ1v) is 5.86. The number of hydrogen-bond donors (Lipinski definition) is 2. The molecule has 1 aromatic rings. The van der Waals surface area contributed by atoms with Crippen molar-refractivity contribution in [2.24, 2.45) is 5.92 Å². The van der Waals surface area contributed by atoms with Crippen molar-refractivity contribution < 1.29 is 5.11 Å². The topological polar surface area (TPSA) is 45.1 Å². The van der Waals surface area contributed by atoms with Crippen molar-refractivity contribution in [1.29, 1.82) is 0 Å². The summed E-state index contributed by atoms with van der Waals surface area (Å²) in [6, 6.07) is 2.17. The van der Waals surface area contributed by atoms with Crippen molar-refractivity contribution >= 4 is 15.9 Å². The number of nitrogens with one attached hydrogen (secondary N) is 1. The normalized spacial score (nSPS) is 13.1. The molecule has 0 saturated heterocycles. The van der Waals surface area contributed by atoms with Crippen molar-refractivity contribution in [3.8, 4) is 0 Å². The van der Waals surface area contributed by atoms with Gasteiger partial charge in [0.25, 0.3) is 0 Å². The van der Waals surface area contributed by atoms with Gasteiger partial charge in [-0.25, -0.2) is 0 Å². The highest BCUT2D eigenvalue weighted by molar-refractivity contribution is 9.10. The van der Waals surface area contributed by atoms with Crippen LogP contribution in [0.4, 0.5) is 0 Å². The highest BCUT2D eigenvalue weighted by atomic mass is 79.9. The van der Waals surface area contributed by atoms with E-state index >= 15 is 0 Å². The van der Waals surface area contributed by atoms with Crippen LogP contribution in [0.2, 0.25) is 0 Å². The van der Waals surface area contributed by atoms with Gasteiger partial charge in [0, 0.05) is 29.5 Å². The maximum Gasteiger partial charge on any atom is 0.0587 e. The molecule has 0 aliphatic rings. The van der Waals surface area contributed by atoms with Crippen LogP contribution in [0.1, 0.15) is 19.4 Å². The number of nitrogens with zero attached hydrogens (tertiary/aromatic N) is 1. The van der Waals surface area contributed by atoms with Crippen LogP contribution in [0.5, 0.6) is 0 Å². The van der Waals surface area contributed by atoms with Gasteiger partial charge in [-0.05, 0) is 33.5 Å². The molecule has 1 aromatic heterocycles. The van der Waals surface area contributed by atoms with Crippen LogP contribution in [0, 0.1) is 5.92 Å². The molecule has 3 nitrogen and oxygen atoms in total. The molecule has 15 heavy (non-hydrogen) atoms. The minimum Gasteiger partial charge on any atom is -0.395 e. The summed E-state index contributed by atoms with van der Waals surface area (Å²) in [6.07, 6.45) is 3.59. The second kappa shape index (κ2) is 6.20. The van der Waals surface area contributed by atoms with E-state index in [1.54, 1.807) is 6.20 Å². The fourth-order valence-corrected chi connectivity index (χ4v) is 1.72. The quantitative estimate of drug-likeness (QED) is 0.862. The van der Waals surface area contributed by atoms with Crippen molar-refractivity contribution in [2.45, 2.75) is 26.4 Å². The summed E-state index contributed by atoms with van der Waals surface area (Å²) >= 11 is 3.38. The lowest BCUT2D eigenvalue weighted by Gasteiger charge is -2.19. The molecule has 0 saturated carbocycles. The molecule has 84 valence electrons. The molecular formula is C11H17BrN2O. The van der Waals surface area contributed by atoms with E-state index in [1.807, 2.05) is 12.3 Å². The molecular weight excluding hydrogens is 256 g/mol. The molecule has 1 heterocycles. The third kappa shape index (κ3) is 4.28. The lowest BCUT2D eigenvalue weighted by Crippen LogP contribution is -2.36. The fourth-order valence-electron chi connectivity index (χ4n) is 1.31. The molecule has 2 N–H and O–H groups in total. The van der Waals surface area contributed by atoms with Crippen LogP contribution in [-0.4, -0.2) is 22.7 Å². The Morgan fingerprint density at radius 2 is 2.20 bits per heavy atom. The zero-order valence-electron chi connectivity index (χ0n) is 9.07. The molecule has 0 unspecified atom stereocenters. The van der Waals surface area contributed by atoms with Crippen molar-refractivity contribution in [3.63, 3.8) is 0 Å². The first-order valence-electron chi connectivity index (χ1n) is 5.07. The average molecular weight is 273 g/mol. The van der Waals surface area contributed by atoms with Gasteiger partial charge in [-0.3, -0.25) is 4.98 Å². The smallest absolute Gasteiger partial charge is 0.0587 e. The first-order chi connectivity index (χ1) is 7.13. The maximum atomic E-state index is 9.14. The largest absolute Gasteiger partial charge is 0.395 e. The Kier molecular flexibility index (Phi) is 5.22. The Bertz CT molecular complexity index is 304. The van der Waals surface area contributed by atoms with Gasteiger partial charge >= 0.3 is 0 Å². The van der Waals surface area contributed by atoms with E-state index < -0.39 is 0 Å². The SMILES string of the molecule is CC(C)[C@@H](CO)NCc1cncc(Br)c1. The molecule has 0 fully saturated rings. The summed E-state index contributed by atoms with van der Waals surface area (Å²) in [5, 5.41) is 12.4. The summed E-state index contributed by atoms with van der Waals surface area (Å²) in [6.45, 7) is 5.08. The zero-order chi connectivity index (χ0) is 11.3. The molecule has 0 aliphatic heterocycles. The highest BCUT2D eigenvalue weighted by Gasteiger charge is 2.10. The van der Waals surface area contributed by atoms with E-state index in [-0.39, 0.29) is 12.6 Å². The lowest BCUT2D eigenvalue weighted by molar-refractivity contribution is 0.210. The minimum absolute atomic E-state index is 0.143. The third-order valence-electron chi connectivity index (χ3n) is 2.33. The number of aromatic nitrogens is 1. The van der Waals surface area contributed by atoms with Crippen LogP contribution >= 0.6 is 15.9 Å². The van der Waals surface area contributed by atoms with Gasteiger partial charge in [-0.15, -0.1) is 0 Å². The Hall–Kier alpha value is -0.450. The van der Waals surface area contributed by atoms with E-state index in [0.29, 0.717) is 5.92 Å². The summed E-state index contributed by atoms with van der Waals surface area (Å²) in [5.74, 6) is 0.426. The summed E-state index contributed by atoms with van der Waals surface area (Å²) in [4.78, 5) is 4.08. The Morgan fingerprint density at radius 1 is 1.47 bits per heavy atom. The fraction of sp³-hybridized carbons (Fsp3) is 0.545. The highest BCUT2D eigenvalue weighted by Crippen LogP contribution is 2.10. The van der Waals surface area contributed by atoms with E-state index in [1.165, 1.54) is 0 Å². The van der Waals surface area contributed by atoms with Gasteiger partial charge in [-0.1, -0.05) is 13.8 Å². The summed E-state index contributed by atoms with van der Waals surface area (Å²) in [5.41, 5.74) is 1.11. The second-order valence-electron chi connectivity index (χ2n) is 3.93. The van der Waals surface area contributed by atoms with E-state index in [2.05, 4.69) is 40.1 Å². The first kappa shape index (κ1) is 12.6. The molecule has 1 rings (SSSR count). The van der Waals surface area contributed by atoms with Crippen LogP contribution < -0.4 is 5.32 Å². The second-order valence-corrected chi connectivity index (χ2v) is 4.84. The van der Waals surface area contributed by atoms with Crippen molar-refractivity contribution in [2.75, 3.05) is 6.61 Å². The van der Waals surface area contributed by atoms with Gasteiger partial charge in [0.2, 0.25) is 0 Å². The molecule has 0 spiro atoms. The van der Waals surface area contributed by atoms with Crippen LogP contribution in [0.25, 0.3) is 0 Å². The van der Waals surface area contributed by atoms with Gasteiger partial charge < -0.3 is 10.4 Å². The van der Waals surface area contributed by atoms with Crippen molar-refractivity contribution in [3.05, 3.63) is 28.5 Å². The lowest BCUT2D eigenvalue weighted by atomic mass is 10.1. The van der Waals surface area contributed by atoms with E-state index in [4.69, 9.17) is 5.11 Å². The van der Waals surface area contributed by atoms with E-state index in [9.17, 15) is 0 Å². The van der Waals surface area contributed by atoms with Crippen molar-refractivity contribution in [1.82, 2.24) is 10.3 Å².